The highest BCUT2D eigenvalue weighted by Crippen LogP contribution is 2.30. The van der Waals surface area contributed by atoms with E-state index in [1.807, 2.05) is 6.92 Å². The predicted octanol–water partition coefficient (Wildman–Crippen LogP) is 3.11. The van der Waals surface area contributed by atoms with Crippen molar-refractivity contribution in [2.75, 3.05) is 30.3 Å². The lowest BCUT2D eigenvalue weighted by molar-refractivity contribution is -0.146. The largest absolute Gasteiger partial charge is 0.383 e. The number of benzene rings is 2. The summed E-state index contributed by atoms with van der Waals surface area (Å²) in [6.45, 7) is 2.65. The molecule has 0 saturated carbocycles. The molecule has 0 aliphatic carbocycles. The average Bonchev–Trinajstić information content (AvgIpc) is 3.31. The molecular formula is C25H27N5O5S. The SMILES string of the molecule is COC[C@@H]1CCCCN1C(=O)C(=O)Nc1cccc(S(=O)(=O)Nc2ccc(C)c3c(C#N)c[nH]c23)c1. The van der Waals surface area contributed by atoms with Gasteiger partial charge in [0, 0.05) is 30.9 Å². The first-order valence-electron chi connectivity index (χ1n) is 11.5. The van der Waals surface area contributed by atoms with Gasteiger partial charge >= 0.3 is 11.8 Å². The summed E-state index contributed by atoms with van der Waals surface area (Å²) in [5.74, 6) is -1.51. The van der Waals surface area contributed by atoms with Gasteiger partial charge in [-0.1, -0.05) is 12.1 Å². The summed E-state index contributed by atoms with van der Waals surface area (Å²) in [5, 5.41) is 12.5. The van der Waals surface area contributed by atoms with Crippen LogP contribution in [0.2, 0.25) is 0 Å². The zero-order valence-corrected chi connectivity index (χ0v) is 20.8. The summed E-state index contributed by atoms with van der Waals surface area (Å²) in [6, 6.07) is 10.9. The van der Waals surface area contributed by atoms with Crippen molar-refractivity contribution >= 4 is 44.1 Å². The molecule has 1 aliphatic heterocycles. The lowest BCUT2D eigenvalue weighted by atomic mass is 10.0. The summed E-state index contributed by atoms with van der Waals surface area (Å²) in [6.07, 6.45) is 4.05. The van der Waals surface area contributed by atoms with Gasteiger partial charge in [0.1, 0.15) is 6.07 Å². The van der Waals surface area contributed by atoms with Crippen LogP contribution in [0.25, 0.3) is 10.9 Å². The number of H-pyrrole nitrogens is 1. The van der Waals surface area contributed by atoms with Gasteiger partial charge in [-0.2, -0.15) is 5.26 Å². The molecular weight excluding hydrogens is 482 g/mol. The summed E-state index contributed by atoms with van der Waals surface area (Å²) in [5.41, 5.74) is 2.21. The maximum atomic E-state index is 13.1. The van der Waals surface area contributed by atoms with E-state index < -0.39 is 21.8 Å². The van der Waals surface area contributed by atoms with E-state index in [9.17, 15) is 23.3 Å². The Hall–Kier alpha value is -3.88. The van der Waals surface area contributed by atoms with Crippen molar-refractivity contribution in [1.82, 2.24) is 9.88 Å². The monoisotopic (exact) mass is 509 g/mol. The number of likely N-dealkylation sites (tertiary alicyclic amines) is 1. The van der Waals surface area contributed by atoms with E-state index >= 15 is 0 Å². The Morgan fingerprint density at radius 3 is 2.81 bits per heavy atom. The Bertz CT molecular complexity index is 1460. The van der Waals surface area contributed by atoms with E-state index in [0.29, 0.717) is 29.6 Å². The highest BCUT2D eigenvalue weighted by Gasteiger charge is 2.31. The van der Waals surface area contributed by atoms with Crippen molar-refractivity contribution < 1.29 is 22.7 Å². The van der Waals surface area contributed by atoms with Crippen LogP contribution in [-0.2, 0) is 24.3 Å². The number of ether oxygens (including phenoxy) is 1. The number of amides is 2. The minimum absolute atomic E-state index is 0.0937. The molecule has 1 atom stereocenters. The van der Waals surface area contributed by atoms with Gasteiger partial charge in [0.25, 0.3) is 10.0 Å². The molecule has 1 fully saturated rings. The minimum Gasteiger partial charge on any atom is -0.383 e. The van der Waals surface area contributed by atoms with Crippen molar-refractivity contribution in [3.63, 3.8) is 0 Å². The lowest BCUT2D eigenvalue weighted by Gasteiger charge is -2.34. The molecule has 36 heavy (non-hydrogen) atoms. The number of carbonyl (C=O) groups is 2. The number of anilines is 2. The second-order valence-corrected chi connectivity index (χ2v) is 10.4. The number of aromatic amines is 1. The Morgan fingerprint density at radius 2 is 2.06 bits per heavy atom. The number of aryl methyl sites for hydroxylation is 1. The summed E-state index contributed by atoms with van der Waals surface area (Å²) < 4.78 is 34.0. The number of sulfonamides is 1. The fraction of sp³-hybridized carbons (Fsp3) is 0.320. The van der Waals surface area contributed by atoms with Gasteiger partial charge < -0.3 is 19.9 Å². The van der Waals surface area contributed by atoms with Gasteiger partial charge in [-0.3, -0.25) is 14.3 Å². The maximum Gasteiger partial charge on any atom is 0.313 e. The molecule has 0 bridgehead atoms. The minimum atomic E-state index is -4.05. The number of hydrogen-bond acceptors (Lipinski definition) is 6. The number of piperidine rings is 1. The molecule has 4 rings (SSSR count). The van der Waals surface area contributed by atoms with Crippen LogP contribution < -0.4 is 10.0 Å². The van der Waals surface area contributed by atoms with Crippen LogP contribution in [0.3, 0.4) is 0 Å². The second-order valence-electron chi connectivity index (χ2n) is 8.69. The van der Waals surface area contributed by atoms with Gasteiger partial charge in [0.05, 0.1) is 34.3 Å². The highest BCUT2D eigenvalue weighted by atomic mass is 32.2. The van der Waals surface area contributed by atoms with Gasteiger partial charge in [-0.25, -0.2) is 8.42 Å². The molecule has 10 nitrogen and oxygen atoms in total. The summed E-state index contributed by atoms with van der Waals surface area (Å²) >= 11 is 0. The van der Waals surface area contributed by atoms with Gasteiger partial charge in [-0.15, -0.1) is 0 Å². The summed E-state index contributed by atoms with van der Waals surface area (Å²) in [7, 11) is -2.49. The van der Waals surface area contributed by atoms with Crippen LogP contribution in [-0.4, -0.2) is 56.4 Å². The van der Waals surface area contributed by atoms with Crippen LogP contribution in [0.4, 0.5) is 11.4 Å². The van der Waals surface area contributed by atoms with Crippen molar-refractivity contribution in [3.05, 3.63) is 53.7 Å². The van der Waals surface area contributed by atoms with Crippen LogP contribution in [0.5, 0.6) is 0 Å². The number of hydrogen-bond donors (Lipinski definition) is 3. The number of carbonyl (C=O) groups excluding carboxylic acids is 2. The molecule has 0 unspecified atom stereocenters. The van der Waals surface area contributed by atoms with Crippen LogP contribution in [0.15, 0.2) is 47.5 Å². The number of nitrogens with zero attached hydrogens (tertiary/aromatic N) is 2. The van der Waals surface area contributed by atoms with E-state index in [2.05, 4.69) is 21.1 Å². The third-order valence-electron chi connectivity index (χ3n) is 6.25. The van der Waals surface area contributed by atoms with E-state index in [4.69, 9.17) is 4.74 Å². The second kappa shape index (κ2) is 10.4. The molecule has 0 radical (unpaired) electrons. The molecule has 2 aromatic carbocycles. The Labute approximate surface area is 209 Å². The first-order chi connectivity index (χ1) is 17.2. The van der Waals surface area contributed by atoms with Crippen molar-refractivity contribution in [2.45, 2.75) is 37.1 Å². The number of rotatable bonds is 6. The Kier molecular flexibility index (Phi) is 7.28. The van der Waals surface area contributed by atoms with E-state index in [0.717, 1.165) is 24.8 Å². The van der Waals surface area contributed by atoms with Crippen molar-refractivity contribution in [1.29, 1.82) is 5.26 Å². The van der Waals surface area contributed by atoms with Crippen LogP contribution in [0, 0.1) is 18.3 Å². The Balaban J connectivity index is 1.53. The molecule has 0 spiro atoms. The normalized spacial score (nSPS) is 15.9. The van der Waals surface area contributed by atoms with Gasteiger partial charge in [0.15, 0.2) is 0 Å². The third-order valence-corrected chi connectivity index (χ3v) is 7.62. The molecule has 2 heterocycles. The maximum absolute atomic E-state index is 13.1. The molecule has 188 valence electrons. The summed E-state index contributed by atoms with van der Waals surface area (Å²) in [4.78, 5) is 29.9. The molecule has 3 aromatic rings. The lowest BCUT2D eigenvalue weighted by Crippen LogP contribution is -2.50. The van der Waals surface area contributed by atoms with Gasteiger partial charge in [-0.05, 0) is 56.0 Å². The first-order valence-corrected chi connectivity index (χ1v) is 13.0. The fourth-order valence-corrected chi connectivity index (χ4v) is 5.60. The first kappa shape index (κ1) is 25.2. The average molecular weight is 510 g/mol. The molecule has 11 heteroatoms. The van der Waals surface area contributed by atoms with Crippen LogP contribution in [0.1, 0.15) is 30.4 Å². The third kappa shape index (κ3) is 5.05. The standard InChI is InChI=1S/C25H27N5O5S/c1-16-9-10-21(23-22(16)17(13-26)14-27-23)29-36(33,34)20-8-5-6-18(12-20)28-24(31)25(32)30-11-4-3-7-19(30)15-35-2/h5-6,8-10,12,14,19,27,29H,3-4,7,11,15H2,1-2H3,(H,28,31)/t19-/m0/s1. The number of methoxy groups -OCH3 is 1. The van der Waals surface area contributed by atoms with Crippen molar-refractivity contribution in [2.24, 2.45) is 0 Å². The topological polar surface area (TPSA) is 144 Å². The Morgan fingerprint density at radius 1 is 1.25 bits per heavy atom. The zero-order chi connectivity index (χ0) is 25.9. The van der Waals surface area contributed by atoms with Crippen LogP contribution >= 0.6 is 0 Å². The number of fused-ring (bicyclic) bond motifs is 1. The quantitative estimate of drug-likeness (QED) is 0.436. The van der Waals surface area contributed by atoms with E-state index in [1.54, 1.807) is 19.2 Å². The molecule has 1 aromatic heterocycles. The smallest absolute Gasteiger partial charge is 0.313 e. The molecule has 1 saturated heterocycles. The van der Waals surface area contributed by atoms with Crippen molar-refractivity contribution in [3.8, 4) is 6.07 Å². The molecule has 1 aliphatic rings. The number of nitrogens with one attached hydrogen (secondary N) is 3. The molecule has 2 amide bonds. The highest BCUT2D eigenvalue weighted by molar-refractivity contribution is 7.92. The van der Waals surface area contributed by atoms with E-state index in [-0.39, 0.29) is 22.3 Å². The predicted molar refractivity (Wildman–Crippen MR) is 135 cm³/mol. The zero-order valence-electron chi connectivity index (χ0n) is 20.0. The van der Waals surface area contributed by atoms with E-state index in [1.165, 1.54) is 35.4 Å². The van der Waals surface area contributed by atoms with Gasteiger partial charge in [0.2, 0.25) is 0 Å². The molecule has 3 N–H and O–H groups in total. The number of nitriles is 1. The number of aromatic nitrogens is 1. The fourth-order valence-electron chi connectivity index (χ4n) is 4.49.